The van der Waals surface area contributed by atoms with Gasteiger partial charge in [0.2, 0.25) is 0 Å². The van der Waals surface area contributed by atoms with E-state index in [4.69, 9.17) is 5.73 Å². The van der Waals surface area contributed by atoms with Crippen molar-refractivity contribution in [2.45, 2.75) is 52.0 Å². The molecule has 19 heavy (non-hydrogen) atoms. The van der Waals surface area contributed by atoms with Crippen LogP contribution in [0.1, 0.15) is 54.9 Å². The molecule has 0 saturated heterocycles. The molecular weight excluding hydrogens is 236 g/mol. The number of aryl methyl sites for hydroxylation is 1. The molecule has 0 bridgehead atoms. The molecule has 0 aliphatic heterocycles. The first kappa shape index (κ1) is 13.9. The van der Waals surface area contributed by atoms with Crippen LogP contribution < -0.4 is 11.1 Å². The molecular formula is C16H24N2O. The van der Waals surface area contributed by atoms with E-state index in [0.29, 0.717) is 17.2 Å². The summed E-state index contributed by atoms with van der Waals surface area (Å²) in [7, 11) is 0. The molecule has 1 aromatic carbocycles. The summed E-state index contributed by atoms with van der Waals surface area (Å²) in [5.74, 6) is 0.572. The predicted octanol–water partition coefficient (Wildman–Crippen LogP) is 3.28. The molecule has 0 radical (unpaired) electrons. The Hall–Kier alpha value is -1.51. The zero-order valence-electron chi connectivity index (χ0n) is 11.9. The summed E-state index contributed by atoms with van der Waals surface area (Å²) in [4.78, 5) is 12.3. The fourth-order valence-electron chi connectivity index (χ4n) is 2.90. The summed E-state index contributed by atoms with van der Waals surface area (Å²) in [6, 6.07) is 5.82. The van der Waals surface area contributed by atoms with Gasteiger partial charge in [0.1, 0.15) is 0 Å². The van der Waals surface area contributed by atoms with Crippen LogP contribution in [-0.4, -0.2) is 11.9 Å². The predicted molar refractivity (Wildman–Crippen MR) is 79.1 cm³/mol. The Morgan fingerprint density at radius 1 is 1.32 bits per heavy atom. The molecule has 0 heterocycles. The van der Waals surface area contributed by atoms with Crippen LogP contribution in [0.15, 0.2) is 18.2 Å². The molecule has 0 aromatic heterocycles. The van der Waals surface area contributed by atoms with Crippen LogP contribution in [0.2, 0.25) is 0 Å². The Labute approximate surface area is 115 Å². The van der Waals surface area contributed by atoms with Crippen LogP contribution in [0.4, 0.5) is 5.69 Å². The average molecular weight is 260 g/mol. The quantitative estimate of drug-likeness (QED) is 0.819. The Kier molecular flexibility index (Phi) is 4.46. The number of benzene rings is 1. The number of carbonyl (C=O) groups excluding carboxylic acids is 1. The van der Waals surface area contributed by atoms with Gasteiger partial charge in [0.25, 0.3) is 5.91 Å². The molecule has 1 saturated carbocycles. The fraction of sp³-hybridized carbons (Fsp3) is 0.562. The largest absolute Gasteiger partial charge is 0.398 e. The number of hydrogen-bond donors (Lipinski definition) is 2. The van der Waals surface area contributed by atoms with E-state index >= 15 is 0 Å². The SMILES string of the molecule is Cc1ccc(N)c(C(=O)N[C@H](C)C2CCCCC2)c1. The summed E-state index contributed by atoms with van der Waals surface area (Å²) in [5, 5.41) is 3.12. The molecule has 1 atom stereocenters. The Balaban J connectivity index is 2.01. The van der Waals surface area contributed by atoms with Gasteiger partial charge in [-0.05, 0) is 44.7 Å². The number of rotatable bonds is 3. The summed E-state index contributed by atoms with van der Waals surface area (Å²) in [6.07, 6.45) is 6.37. The van der Waals surface area contributed by atoms with Crippen molar-refractivity contribution in [3.8, 4) is 0 Å². The normalized spacial score (nSPS) is 18.0. The van der Waals surface area contributed by atoms with Crippen LogP contribution in [0.5, 0.6) is 0 Å². The van der Waals surface area contributed by atoms with E-state index in [1.165, 1.54) is 32.1 Å². The Morgan fingerprint density at radius 3 is 2.68 bits per heavy atom. The molecule has 0 spiro atoms. The van der Waals surface area contributed by atoms with Gasteiger partial charge in [-0.3, -0.25) is 4.79 Å². The van der Waals surface area contributed by atoms with Crippen molar-refractivity contribution in [1.29, 1.82) is 0 Å². The lowest BCUT2D eigenvalue weighted by atomic mass is 9.84. The molecule has 3 nitrogen and oxygen atoms in total. The fourth-order valence-corrected chi connectivity index (χ4v) is 2.90. The standard InChI is InChI=1S/C16H24N2O/c1-11-8-9-15(17)14(10-11)16(19)18-12(2)13-6-4-3-5-7-13/h8-10,12-13H,3-7,17H2,1-2H3,(H,18,19)/t12-/m1/s1. The first-order valence-electron chi connectivity index (χ1n) is 7.25. The molecule has 1 aliphatic carbocycles. The zero-order valence-corrected chi connectivity index (χ0v) is 11.9. The number of hydrogen-bond acceptors (Lipinski definition) is 2. The molecule has 1 aromatic rings. The van der Waals surface area contributed by atoms with Gasteiger partial charge in [-0.15, -0.1) is 0 Å². The second-order valence-corrected chi connectivity index (χ2v) is 5.75. The van der Waals surface area contributed by atoms with Crippen molar-refractivity contribution in [3.63, 3.8) is 0 Å². The Morgan fingerprint density at radius 2 is 2.00 bits per heavy atom. The smallest absolute Gasteiger partial charge is 0.253 e. The number of nitrogens with one attached hydrogen (secondary N) is 1. The van der Waals surface area contributed by atoms with Gasteiger partial charge in [0.05, 0.1) is 5.56 Å². The highest BCUT2D eigenvalue weighted by molar-refractivity contribution is 5.99. The van der Waals surface area contributed by atoms with E-state index < -0.39 is 0 Å². The minimum absolute atomic E-state index is 0.0423. The molecule has 3 heteroatoms. The van der Waals surface area contributed by atoms with E-state index in [2.05, 4.69) is 12.2 Å². The third-order valence-corrected chi connectivity index (χ3v) is 4.17. The molecule has 1 fully saturated rings. The van der Waals surface area contributed by atoms with Crippen molar-refractivity contribution in [3.05, 3.63) is 29.3 Å². The van der Waals surface area contributed by atoms with E-state index in [1.54, 1.807) is 6.07 Å². The van der Waals surface area contributed by atoms with Crippen LogP contribution in [0, 0.1) is 12.8 Å². The van der Waals surface area contributed by atoms with Gasteiger partial charge in [-0.25, -0.2) is 0 Å². The van der Waals surface area contributed by atoms with Crippen LogP contribution >= 0.6 is 0 Å². The topological polar surface area (TPSA) is 55.1 Å². The lowest BCUT2D eigenvalue weighted by molar-refractivity contribution is 0.0920. The molecule has 104 valence electrons. The molecule has 1 amide bonds. The second kappa shape index (κ2) is 6.09. The second-order valence-electron chi connectivity index (χ2n) is 5.75. The zero-order chi connectivity index (χ0) is 13.8. The molecule has 3 N–H and O–H groups in total. The lowest BCUT2D eigenvalue weighted by Gasteiger charge is -2.28. The first-order chi connectivity index (χ1) is 9.08. The van der Waals surface area contributed by atoms with E-state index in [0.717, 1.165) is 5.56 Å². The minimum atomic E-state index is -0.0423. The van der Waals surface area contributed by atoms with Gasteiger partial charge >= 0.3 is 0 Å². The third kappa shape index (κ3) is 3.49. The van der Waals surface area contributed by atoms with Crippen LogP contribution in [-0.2, 0) is 0 Å². The molecule has 2 rings (SSSR count). The highest BCUT2D eigenvalue weighted by atomic mass is 16.1. The van der Waals surface area contributed by atoms with E-state index in [-0.39, 0.29) is 11.9 Å². The van der Waals surface area contributed by atoms with Gasteiger partial charge in [-0.1, -0.05) is 30.9 Å². The Bertz CT molecular complexity index is 450. The number of nitrogen functional groups attached to an aromatic ring is 1. The van der Waals surface area contributed by atoms with E-state index in [9.17, 15) is 4.79 Å². The van der Waals surface area contributed by atoms with E-state index in [1.807, 2.05) is 19.1 Å². The van der Waals surface area contributed by atoms with Gasteiger partial charge < -0.3 is 11.1 Å². The van der Waals surface area contributed by atoms with Crippen molar-refractivity contribution in [2.24, 2.45) is 5.92 Å². The summed E-state index contributed by atoms with van der Waals surface area (Å²) < 4.78 is 0. The van der Waals surface area contributed by atoms with Crippen LogP contribution in [0.3, 0.4) is 0 Å². The number of amides is 1. The van der Waals surface area contributed by atoms with Crippen molar-refractivity contribution < 1.29 is 4.79 Å². The number of carbonyl (C=O) groups is 1. The van der Waals surface area contributed by atoms with Crippen molar-refractivity contribution >= 4 is 11.6 Å². The van der Waals surface area contributed by atoms with Gasteiger partial charge in [0.15, 0.2) is 0 Å². The summed E-state index contributed by atoms with van der Waals surface area (Å²) >= 11 is 0. The monoisotopic (exact) mass is 260 g/mol. The maximum Gasteiger partial charge on any atom is 0.253 e. The highest BCUT2D eigenvalue weighted by Crippen LogP contribution is 2.26. The van der Waals surface area contributed by atoms with Gasteiger partial charge in [-0.2, -0.15) is 0 Å². The number of nitrogens with two attached hydrogens (primary N) is 1. The molecule has 1 aliphatic rings. The number of anilines is 1. The first-order valence-corrected chi connectivity index (χ1v) is 7.25. The third-order valence-electron chi connectivity index (χ3n) is 4.17. The van der Waals surface area contributed by atoms with Gasteiger partial charge in [0, 0.05) is 11.7 Å². The van der Waals surface area contributed by atoms with Crippen molar-refractivity contribution in [2.75, 3.05) is 5.73 Å². The summed E-state index contributed by atoms with van der Waals surface area (Å²) in [6.45, 7) is 4.08. The maximum absolute atomic E-state index is 12.3. The lowest BCUT2D eigenvalue weighted by Crippen LogP contribution is -2.39. The van der Waals surface area contributed by atoms with Crippen LogP contribution in [0.25, 0.3) is 0 Å². The maximum atomic E-state index is 12.3. The van der Waals surface area contributed by atoms with Crippen molar-refractivity contribution in [1.82, 2.24) is 5.32 Å². The average Bonchev–Trinajstić information content (AvgIpc) is 2.42. The molecule has 0 unspecified atom stereocenters. The minimum Gasteiger partial charge on any atom is -0.398 e. The summed E-state index contributed by atoms with van der Waals surface area (Å²) in [5.41, 5.74) is 8.10. The highest BCUT2D eigenvalue weighted by Gasteiger charge is 2.22.